The van der Waals surface area contributed by atoms with Crippen molar-refractivity contribution in [2.75, 3.05) is 26.1 Å². The molecule has 1 atom stereocenters. The molecule has 0 radical (unpaired) electrons. The molecule has 118 valence electrons. The molecule has 5 heteroatoms. The van der Waals surface area contributed by atoms with Crippen LogP contribution in [0.15, 0.2) is 12.1 Å². The second-order valence-corrected chi connectivity index (χ2v) is 5.85. The van der Waals surface area contributed by atoms with E-state index in [1.165, 1.54) is 0 Å². The van der Waals surface area contributed by atoms with Crippen LogP contribution in [0.3, 0.4) is 0 Å². The van der Waals surface area contributed by atoms with Crippen LogP contribution in [0.25, 0.3) is 0 Å². The van der Waals surface area contributed by atoms with Gasteiger partial charge in [0.25, 0.3) is 5.91 Å². The Kier molecular flexibility index (Phi) is 6.62. The second-order valence-electron chi connectivity index (χ2n) is 5.85. The van der Waals surface area contributed by atoms with Crippen molar-refractivity contribution >= 4 is 11.7 Å². The smallest absolute Gasteiger partial charge is 0.251 e. The number of carbonyl (C=O) groups is 1. The van der Waals surface area contributed by atoms with Crippen LogP contribution >= 0.6 is 0 Å². The summed E-state index contributed by atoms with van der Waals surface area (Å²) in [6, 6.07) is 3.62. The van der Waals surface area contributed by atoms with Crippen molar-refractivity contribution in [3.8, 4) is 0 Å². The minimum Gasteiger partial charge on any atom is -0.383 e. The zero-order valence-electron chi connectivity index (χ0n) is 13.9. The molecule has 0 saturated heterocycles. The molecule has 0 aromatic carbocycles. The summed E-state index contributed by atoms with van der Waals surface area (Å²) in [5.41, 5.74) is 1.53. The van der Waals surface area contributed by atoms with Gasteiger partial charge in [0.2, 0.25) is 0 Å². The lowest BCUT2D eigenvalue weighted by molar-refractivity contribution is 0.0866. The number of ether oxygens (including phenoxy) is 1. The van der Waals surface area contributed by atoms with Gasteiger partial charge in [0.05, 0.1) is 12.6 Å². The molecule has 0 fully saturated rings. The molecule has 1 rings (SSSR count). The molecule has 21 heavy (non-hydrogen) atoms. The number of amides is 1. The second kappa shape index (κ2) is 7.98. The Morgan fingerprint density at radius 2 is 1.95 bits per heavy atom. The number of methoxy groups -OCH3 is 1. The van der Waals surface area contributed by atoms with Crippen LogP contribution in [0.1, 0.15) is 49.7 Å². The minimum absolute atomic E-state index is 0.00352. The van der Waals surface area contributed by atoms with E-state index in [2.05, 4.69) is 43.3 Å². The fourth-order valence-electron chi connectivity index (χ4n) is 1.94. The van der Waals surface area contributed by atoms with Crippen LogP contribution in [0.2, 0.25) is 0 Å². The first-order chi connectivity index (χ1) is 9.88. The molecule has 1 amide bonds. The van der Waals surface area contributed by atoms with Gasteiger partial charge in [0.1, 0.15) is 5.82 Å². The average Bonchev–Trinajstić information content (AvgIpc) is 2.45. The van der Waals surface area contributed by atoms with Gasteiger partial charge in [-0.25, -0.2) is 4.98 Å². The summed E-state index contributed by atoms with van der Waals surface area (Å²) in [6.45, 7) is 8.76. The number of pyridine rings is 1. The number of carbonyl (C=O) groups excluding carboxylic acids is 1. The standard InChI is InChI=1S/C16H27N3O2/c1-10(2)13-7-12(8-15(17-5)18-13)16(20)19-14(9-21-6)11(3)4/h7-8,10-11,14H,9H2,1-6H3,(H,17,18)(H,19,20). The molecule has 2 N–H and O–H groups in total. The predicted octanol–water partition coefficient (Wildman–Crippen LogP) is 2.65. The number of hydrogen-bond donors (Lipinski definition) is 2. The molecule has 5 nitrogen and oxygen atoms in total. The van der Waals surface area contributed by atoms with Gasteiger partial charge in [0, 0.05) is 25.4 Å². The van der Waals surface area contributed by atoms with E-state index in [4.69, 9.17) is 4.74 Å². The summed E-state index contributed by atoms with van der Waals surface area (Å²) in [5, 5.41) is 6.03. The molecule has 0 aliphatic heterocycles. The lowest BCUT2D eigenvalue weighted by Crippen LogP contribution is -2.41. The molecule has 1 unspecified atom stereocenters. The number of hydrogen-bond acceptors (Lipinski definition) is 4. The number of nitrogens with zero attached hydrogens (tertiary/aromatic N) is 1. The number of rotatable bonds is 7. The van der Waals surface area contributed by atoms with Crippen LogP contribution < -0.4 is 10.6 Å². The van der Waals surface area contributed by atoms with E-state index in [1.807, 2.05) is 6.07 Å². The number of aromatic nitrogens is 1. The van der Waals surface area contributed by atoms with Crippen molar-refractivity contribution in [1.82, 2.24) is 10.3 Å². The highest BCUT2D eigenvalue weighted by atomic mass is 16.5. The summed E-state index contributed by atoms with van der Waals surface area (Å²) in [7, 11) is 3.44. The van der Waals surface area contributed by atoms with E-state index in [-0.39, 0.29) is 17.9 Å². The van der Waals surface area contributed by atoms with Crippen LogP contribution in [-0.2, 0) is 4.74 Å². The molecule has 1 aromatic rings. The quantitative estimate of drug-likeness (QED) is 0.811. The Hall–Kier alpha value is -1.62. The van der Waals surface area contributed by atoms with Gasteiger partial charge < -0.3 is 15.4 Å². The summed E-state index contributed by atoms with van der Waals surface area (Å²) in [4.78, 5) is 16.9. The maximum Gasteiger partial charge on any atom is 0.251 e. The van der Waals surface area contributed by atoms with Crippen LogP contribution in [0.4, 0.5) is 5.82 Å². The van der Waals surface area contributed by atoms with E-state index in [1.54, 1.807) is 20.2 Å². The first-order valence-corrected chi connectivity index (χ1v) is 7.38. The minimum atomic E-state index is -0.0912. The van der Waals surface area contributed by atoms with E-state index in [0.29, 0.717) is 23.9 Å². The average molecular weight is 293 g/mol. The molecular weight excluding hydrogens is 266 g/mol. The van der Waals surface area contributed by atoms with Crippen LogP contribution in [0.5, 0.6) is 0 Å². The molecular formula is C16H27N3O2. The fraction of sp³-hybridized carbons (Fsp3) is 0.625. The Balaban J connectivity index is 2.97. The molecule has 0 aliphatic rings. The van der Waals surface area contributed by atoms with Gasteiger partial charge in [-0.3, -0.25) is 4.79 Å². The normalized spacial score (nSPS) is 12.6. The van der Waals surface area contributed by atoms with E-state index < -0.39 is 0 Å². The summed E-state index contributed by atoms with van der Waals surface area (Å²) in [6.07, 6.45) is 0. The Labute approximate surface area is 127 Å². The highest BCUT2D eigenvalue weighted by Crippen LogP contribution is 2.17. The Bertz CT molecular complexity index is 473. The largest absolute Gasteiger partial charge is 0.383 e. The predicted molar refractivity (Wildman–Crippen MR) is 85.8 cm³/mol. The topological polar surface area (TPSA) is 63.2 Å². The lowest BCUT2D eigenvalue weighted by atomic mass is 10.0. The maximum absolute atomic E-state index is 12.5. The van der Waals surface area contributed by atoms with Gasteiger partial charge in [-0.2, -0.15) is 0 Å². The third-order valence-corrected chi connectivity index (χ3v) is 3.42. The van der Waals surface area contributed by atoms with Crippen molar-refractivity contribution in [2.45, 2.75) is 39.7 Å². The van der Waals surface area contributed by atoms with Gasteiger partial charge in [-0.15, -0.1) is 0 Å². The van der Waals surface area contributed by atoms with E-state index in [0.717, 1.165) is 5.69 Å². The van der Waals surface area contributed by atoms with Gasteiger partial charge in [0.15, 0.2) is 0 Å². The monoisotopic (exact) mass is 293 g/mol. The van der Waals surface area contributed by atoms with Crippen molar-refractivity contribution in [2.24, 2.45) is 5.92 Å². The van der Waals surface area contributed by atoms with Gasteiger partial charge in [-0.05, 0) is 24.0 Å². The molecule has 0 spiro atoms. The number of anilines is 1. The molecule has 0 bridgehead atoms. The number of nitrogens with one attached hydrogen (secondary N) is 2. The van der Waals surface area contributed by atoms with Crippen LogP contribution in [-0.4, -0.2) is 37.7 Å². The van der Waals surface area contributed by atoms with Gasteiger partial charge >= 0.3 is 0 Å². The lowest BCUT2D eigenvalue weighted by Gasteiger charge is -2.22. The van der Waals surface area contributed by atoms with Crippen molar-refractivity contribution < 1.29 is 9.53 Å². The highest BCUT2D eigenvalue weighted by Gasteiger charge is 2.18. The fourth-order valence-corrected chi connectivity index (χ4v) is 1.94. The highest BCUT2D eigenvalue weighted by molar-refractivity contribution is 5.95. The Morgan fingerprint density at radius 3 is 2.43 bits per heavy atom. The SMILES string of the molecule is CNc1cc(C(=O)NC(COC)C(C)C)cc(C(C)C)n1. The van der Waals surface area contributed by atoms with Crippen LogP contribution in [0, 0.1) is 5.92 Å². The molecule has 0 saturated carbocycles. The van der Waals surface area contributed by atoms with Crippen molar-refractivity contribution in [1.29, 1.82) is 0 Å². The summed E-state index contributed by atoms with van der Waals surface area (Å²) >= 11 is 0. The summed E-state index contributed by atoms with van der Waals surface area (Å²) < 4.78 is 5.17. The zero-order chi connectivity index (χ0) is 16.0. The Morgan fingerprint density at radius 1 is 1.29 bits per heavy atom. The van der Waals surface area contributed by atoms with E-state index in [9.17, 15) is 4.79 Å². The van der Waals surface area contributed by atoms with E-state index >= 15 is 0 Å². The molecule has 1 heterocycles. The maximum atomic E-state index is 12.5. The molecule has 0 aliphatic carbocycles. The zero-order valence-corrected chi connectivity index (χ0v) is 13.9. The third-order valence-electron chi connectivity index (χ3n) is 3.42. The first kappa shape index (κ1) is 17.4. The van der Waals surface area contributed by atoms with Gasteiger partial charge in [-0.1, -0.05) is 27.7 Å². The van der Waals surface area contributed by atoms with Crippen molar-refractivity contribution in [3.63, 3.8) is 0 Å². The first-order valence-electron chi connectivity index (χ1n) is 7.38. The summed E-state index contributed by atoms with van der Waals surface area (Å²) in [5.74, 6) is 1.19. The third kappa shape index (κ3) is 5.01. The van der Waals surface area contributed by atoms with Crippen molar-refractivity contribution in [3.05, 3.63) is 23.4 Å². The molecule has 1 aromatic heterocycles.